The summed E-state index contributed by atoms with van der Waals surface area (Å²) in [5, 5.41) is 2.99. The molecule has 0 aromatic heterocycles. The van der Waals surface area contributed by atoms with Crippen LogP contribution in [0.4, 0.5) is 34.1 Å². The van der Waals surface area contributed by atoms with E-state index in [-0.39, 0.29) is 0 Å². The zero-order valence-corrected chi connectivity index (χ0v) is 22.8. The van der Waals surface area contributed by atoms with Crippen LogP contribution < -0.4 is 9.80 Å². The molecule has 0 radical (unpaired) electrons. The minimum atomic E-state index is 0.427. The van der Waals surface area contributed by atoms with Crippen molar-refractivity contribution in [2.45, 2.75) is 0 Å². The number of benzene rings is 6. The van der Waals surface area contributed by atoms with Crippen LogP contribution in [0, 0.1) is 4.91 Å². The quantitative estimate of drug-likeness (QED) is 0.183. The van der Waals surface area contributed by atoms with Crippen molar-refractivity contribution in [2.24, 2.45) is 5.18 Å². The van der Waals surface area contributed by atoms with Crippen LogP contribution >= 0.6 is 0 Å². The minimum Gasteiger partial charge on any atom is -0.345 e. The molecule has 0 aliphatic heterocycles. The highest BCUT2D eigenvalue weighted by Crippen LogP contribution is 2.37. The van der Waals surface area contributed by atoms with E-state index in [1.807, 2.05) is 31.3 Å². The van der Waals surface area contributed by atoms with Crippen molar-refractivity contribution in [1.82, 2.24) is 0 Å². The summed E-state index contributed by atoms with van der Waals surface area (Å²) in [6.07, 6.45) is 0. The summed E-state index contributed by atoms with van der Waals surface area (Å²) in [5.74, 6) is 0. The Hall–Kier alpha value is -5.48. The fourth-order valence-electron chi connectivity index (χ4n) is 5.05. The number of hydrogen-bond acceptors (Lipinski definition) is 4. The Morgan fingerprint density at radius 1 is 0.415 bits per heavy atom. The van der Waals surface area contributed by atoms with Gasteiger partial charge in [0.15, 0.2) is 0 Å². The Bertz CT molecular complexity index is 1730. The smallest absolute Gasteiger partial charge is 0.108 e. The van der Waals surface area contributed by atoms with E-state index < -0.39 is 0 Å². The van der Waals surface area contributed by atoms with E-state index in [1.54, 1.807) is 12.1 Å². The van der Waals surface area contributed by atoms with Crippen LogP contribution in [0.1, 0.15) is 0 Å². The van der Waals surface area contributed by atoms with Gasteiger partial charge in [-0.3, -0.25) is 0 Å². The van der Waals surface area contributed by atoms with Crippen LogP contribution in [0.2, 0.25) is 0 Å². The molecular weight excluding hydrogens is 502 g/mol. The van der Waals surface area contributed by atoms with Crippen LogP contribution in [-0.2, 0) is 0 Å². The summed E-state index contributed by atoms with van der Waals surface area (Å²) >= 11 is 0. The van der Waals surface area contributed by atoms with Gasteiger partial charge in [-0.15, -0.1) is 4.91 Å². The summed E-state index contributed by atoms with van der Waals surface area (Å²) in [5.41, 5.74) is 10.5. The molecule has 0 fully saturated rings. The van der Waals surface area contributed by atoms with Crippen molar-refractivity contribution < 1.29 is 0 Å². The Labute approximate surface area is 240 Å². The SMILES string of the molecule is CN(c1ccc(N=O)cc1)c1ccc(-c2ccc(N(c3ccccc3)c3cccc(-c4ccccc4)c3)cc2)cc1. The first-order valence-electron chi connectivity index (χ1n) is 13.6. The zero-order valence-electron chi connectivity index (χ0n) is 22.8. The summed E-state index contributed by atoms with van der Waals surface area (Å²) in [7, 11) is 2.01. The van der Waals surface area contributed by atoms with E-state index in [1.165, 1.54) is 11.1 Å². The lowest BCUT2D eigenvalue weighted by Gasteiger charge is -2.26. The molecule has 0 saturated carbocycles. The zero-order chi connectivity index (χ0) is 28.0. The molecule has 41 heavy (non-hydrogen) atoms. The summed E-state index contributed by atoms with van der Waals surface area (Å²) in [4.78, 5) is 15.1. The molecule has 6 rings (SSSR count). The molecule has 0 saturated heterocycles. The normalized spacial score (nSPS) is 10.7. The highest BCUT2D eigenvalue weighted by molar-refractivity contribution is 5.81. The fraction of sp³-hybridized carbons (Fsp3) is 0.0270. The van der Waals surface area contributed by atoms with Gasteiger partial charge in [0.2, 0.25) is 0 Å². The average molecular weight is 532 g/mol. The first-order chi connectivity index (χ1) is 20.2. The third kappa shape index (κ3) is 5.63. The topological polar surface area (TPSA) is 35.9 Å². The second-order valence-corrected chi connectivity index (χ2v) is 9.85. The number of nitrogens with zero attached hydrogens (tertiary/aromatic N) is 3. The lowest BCUT2D eigenvalue weighted by molar-refractivity contribution is 1.21. The highest BCUT2D eigenvalue weighted by atomic mass is 16.3. The van der Waals surface area contributed by atoms with Crippen LogP contribution in [0.25, 0.3) is 22.3 Å². The van der Waals surface area contributed by atoms with E-state index in [2.05, 4.69) is 136 Å². The van der Waals surface area contributed by atoms with Crippen LogP contribution in [-0.4, -0.2) is 7.05 Å². The lowest BCUT2D eigenvalue weighted by atomic mass is 10.0. The summed E-state index contributed by atoms with van der Waals surface area (Å²) in [6, 6.07) is 54.1. The van der Waals surface area contributed by atoms with Gasteiger partial charge in [-0.2, -0.15) is 0 Å². The third-order valence-electron chi connectivity index (χ3n) is 7.28. The average Bonchev–Trinajstić information content (AvgIpc) is 3.06. The molecular formula is C37H29N3O. The van der Waals surface area contributed by atoms with E-state index in [4.69, 9.17) is 0 Å². The Morgan fingerprint density at radius 2 is 0.854 bits per heavy atom. The number of hydrogen-bond donors (Lipinski definition) is 0. The molecule has 0 aliphatic carbocycles. The molecule has 0 unspecified atom stereocenters. The van der Waals surface area contributed by atoms with E-state index in [9.17, 15) is 4.91 Å². The van der Waals surface area contributed by atoms with Crippen molar-refractivity contribution in [3.05, 3.63) is 163 Å². The van der Waals surface area contributed by atoms with Gasteiger partial charge in [-0.1, -0.05) is 84.9 Å². The Morgan fingerprint density at radius 3 is 1.44 bits per heavy atom. The van der Waals surface area contributed by atoms with Crippen LogP contribution in [0.3, 0.4) is 0 Å². The first kappa shape index (κ1) is 25.8. The molecule has 6 aromatic carbocycles. The number of nitroso groups, excluding NO2 is 1. The van der Waals surface area contributed by atoms with Crippen LogP contribution in [0.15, 0.2) is 163 Å². The standard InChI is InChI=1S/C37H29N3O/c1-39(34-25-19-32(38-41)20-26-34)33-21-15-29(16-22-33)30-17-23-36(24-18-30)40(35-12-6-3-7-13-35)37-14-8-11-31(27-37)28-9-4-2-5-10-28/h2-27H,1H3. The third-order valence-corrected chi connectivity index (χ3v) is 7.28. The van der Waals surface area contributed by atoms with Crippen LogP contribution in [0.5, 0.6) is 0 Å². The highest BCUT2D eigenvalue weighted by Gasteiger charge is 2.14. The summed E-state index contributed by atoms with van der Waals surface area (Å²) < 4.78 is 0. The first-order valence-corrected chi connectivity index (χ1v) is 13.6. The predicted molar refractivity (Wildman–Crippen MR) is 172 cm³/mol. The van der Waals surface area contributed by atoms with Crippen molar-refractivity contribution in [3.8, 4) is 22.3 Å². The summed E-state index contributed by atoms with van der Waals surface area (Å²) in [6.45, 7) is 0. The molecule has 0 heterocycles. The molecule has 4 heteroatoms. The van der Waals surface area contributed by atoms with Gasteiger partial charge in [0.25, 0.3) is 0 Å². The van der Waals surface area contributed by atoms with Gasteiger partial charge < -0.3 is 9.80 Å². The molecule has 0 atom stereocenters. The van der Waals surface area contributed by atoms with Gasteiger partial charge >= 0.3 is 0 Å². The molecule has 0 bridgehead atoms. The molecule has 0 amide bonds. The maximum Gasteiger partial charge on any atom is 0.108 e. The maximum absolute atomic E-state index is 10.7. The molecule has 6 aromatic rings. The molecule has 4 nitrogen and oxygen atoms in total. The van der Waals surface area contributed by atoms with Gasteiger partial charge in [0.05, 0.1) is 0 Å². The maximum atomic E-state index is 10.7. The Balaban J connectivity index is 1.28. The van der Waals surface area contributed by atoms with Gasteiger partial charge in [0.1, 0.15) is 5.69 Å². The molecule has 198 valence electrons. The van der Waals surface area contributed by atoms with Crippen molar-refractivity contribution in [3.63, 3.8) is 0 Å². The van der Waals surface area contributed by atoms with Crippen molar-refractivity contribution in [1.29, 1.82) is 0 Å². The molecule has 0 N–H and O–H groups in total. The predicted octanol–water partition coefficient (Wildman–Crippen LogP) is 10.7. The Kier molecular flexibility index (Phi) is 7.37. The number of anilines is 5. The van der Waals surface area contributed by atoms with Crippen molar-refractivity contribution >= 4 is 34.1 Å². The number of para-hydroxylation sites is 1. The second-order valence-electron chi connectivity index (χ2n) is 9.85. The van der Waals surface area contributed by atoms with E-state index >= 15 is 0 Å². The largest absolute Gasteiger partial charge is 0.345 e. The van der Waals surface area contributed by atoms with Gasteiger partial charge in [-0.25, -0.2) is 0 Å². The van der Waals surface area contributed by atoms with Gasteiger partial charge in [0, 0.05) is 35.5 Å². The number of rotatable bonds is 8. The minimum absolute atomic E-state index is 0.427. The monoisotopic (exact) mass is 531 g/mol. The van der Waals surface area contributed by atoms with Gasteiger partial charge in [-0.05, 0) is 100 Å². The van der Waals surface area contributed by atoms with E-state index in [0.717, 1.165) is 39.6 Å². The fourth-order valence-corrected chi connectivity index (χ4v) is 5.05. The molecule has 0 spiro atoms. The van der Waals surface area contributed by atoms with E-state index in [0.29, 0.717) is 5.69 Å². The lowest BCUT2D eigenvalue weighted by Crippen LogP contribution is -2.09. The second kappa shape index (κ2) is 11.7. The van der Waals surface area contributed by atoms with Crippen molar-refractivity contribution in [2.75, 3.05) is 16.8 Å². The molecule has 0 aliphatic rings.